The molecule has 0 spiro atoms. The highest BCUT2D eigenvalue weighted by Crippen LogP contribution is 2.41. The van der Waals surface area contributed by atoms with Crippen LogP contribution in [-0.2, 0) is 16.0 Å². The predicted octanol–water partition coefficient (Wildman–Crippen LogP) is 3.40. The lowest BCUT2D eigenvalue weighted by Gasteiger charge is -2.51. The molecule has 2 bridgehead atoms. The van der Waals surface area contributed by atoms with Crippen LogP contribution in [0.1, 0.15) is 56.9 Å². The lowest BCUT2D eigenvalue weighted by molar-refractivity contribution is -0.158. The van der Waals surface area contributed by atoms with Gasteiger partial charge in [-0.25, -0.2) is 0 Å². The number of carbonyl (C=O) groups excluding carboxylic acids is 2. The molecule has 4 fully saturated rings. The van der Waals surface area contributed by atoms with Crippen molar-refractivity contribution in [2.45, 2.75) is 69.9 Å². The van der Waals surface area contributed by atoms with Gasteiger partial charge < -0.3 is 9.80 Å². The Balaban J connectivity index is 1.41. The molecule has 3 saturated heterocycles. The van der Waals surface area contributed by atoms with E-state index in [2.05, 4.69) is 12.1 Å². The second-order valence-electron chi connectivity index (χ2n) is 8.19. The van der Waals surface area contributed by atoms with E-state index in [4.69, 9.17) is 0 Å². The minimum Gasteiger partial charge on any atom is -0.341 e. The Bertz CT molecular complexity index is 631. The topological polar surface area (TPSA) is 40.6 Å². The van der Waals surface area contributed by atoms with E-state index in [0.717, 1.165) is 64.5 Å². The number of hydrogen-bond acceptors (Lipinski definition) is 2. The van der Waals surface area contributed by atoms with Crippen LogP contribution < -0.4 is 0 Å². The van der Waals surface area contributed by atoms with Gasteiger partial charge in [0.05, 0.1) is 0 Å². The third kappa shape index (κ3) is 3.51. The molecular weight excluding hydrogens is 324 g/mol. The summed E-state index contributed by atoms with van der Waals surface area (Å²) in [7, 11) is 0. The molecule has 0 radical (unpaired) electrons. The minimum atomic E-state index is -0.176. The molecule has 0 aromatic heterocycles. The van der Waals surface area contributed by atoms with Crippen molar-refractivity contribution < 1.29 is 9.59 Å². The van der Waals surface area contributed by atoms with Gasteiger partial charge in [-0.15, -0.1) is 0 Å². The van der Waals surface area contributed by atoms with Crippen LogP contribution in [0.15, 0.2) is 30.3 Å². The highest BCUT2D eigenvalue weighted by atomic mass is 16.2. The van der Waals surface area contributed by atoms with Crippen molar-refractivity contribution in [2.75, 3.05) is 13.1 Å². The first-order chi connectivity index (χ1) is 12.7. The van der Waals surface area contributed by atoms with E-state index in [0.29, 0.717) is 18.4 Å². The van der Waals surface area contributed by atoms with Crippen LogP contribution in [0.25, 0.3) is 0 Å². The first-order valence-corrected chi connectivity index (χ1v) is 10.4. The number of hydrogen-bond donors (Lipinski definition) is 0. The van der Waals surface area contributed by atoms with Gasteiger partial charge in [0.1, 0.15) is 6.04 Å². The van der Waals surface area contributed by atoms with E-state index in [-0.39, 0.29) is 17.9 Å². The molecule has 5 rings (SSSR count). The molecule has 1 aliphatic carbocycles. The van der Waals surface area contributed by atoms with Gasteiger partial charge in [-0.1, -0.05) is 30.3 Å². The van der Waals surface area contributed by atoms with Crippen molar-refractivity contribution in [3.63, 3.8) is 0 Å². The van der Waals surface area contributed by atoms with Crippen molar-refractivity contribution in [1.29, 1.82) is 0 Å². The number of likely N-dealkylation sites (tertiary alicyclic amines) is 1. The zero-order chi connectivity index (χ0) is 17.9. The van der Waals surface area contributed by atoms with Crippen LogP contribution in [0.4, 0.5) is 0 Å². The number of piperidine rings is 2. The second kappa shape index (κ2) is 7.81. The van der Waals surface area contributed by atoms with E-state index in [1.807, 2.05) is 28.0 Å². The average molecular weight is 354 g/mol. The third-order valence-electron chi connectivity index (χ3n) is 6.54. The van der Waals surface area contributed by atoms with Crippen molar-refractivity contribution >= 4 is 11.8 Å². The summed E-state index contributed by atoms with van der Waals surface area (Å²) < 4.78 is 0. The predicted molar refractivity (Wildman–Crippen MR) is 102 cm³/mol. The molecule has 1 saturated carbocycles. The summed E-state index contributed by atoms with van der Waals surface area (Å²) >= 11 is 0. The molecule has 1 atom stereocenters. The number of rotatable bonds is 5. The van der Waals surface area contributed by atoms with Gasteiger partial charge in [-0.05, 0) is 62.8 Å². The van der Waals surface area contributed by atoms with Crippen molar-refractivity contribution in [3.05, 3.63) is 35.9 Å². The number of aryl methyl sites for hydroxylation is 1. The summed E-state index contributed by atoms with van der Waals surface area (Å²) in [5, 5.41) is 0. The molecule has 4 nitrogen and oxygen atoms in total. The van der Waals surface area contributed by atoms with Gasteiger partial charge >= 0.3 is 0 Å². The zero-order valence-corrected chi connectivity index (χ0v) is 15.6. The molecule has 1 aromatic carbocycles. The van der Waals surface area contributed by atoms with Crippen LogP contribution in [0, 0.1) is 5.92 Å². The van der Waals surface area contributed by atoms with Gasteiger partial charge in [0.15, 0.2) is 0 Å². The van der Waals surface area contributed by atoms with Gasteiger partial charge in [-0.3, -0.25) is 9.59 Å². The lowest BCUT2D eigenvalue weighted by atomic mass is 9.74. The average Bonchev–Trinajstić information content (AvgIpc) is 3.23. The normalized spacial score (nSPS) is 27.8. The highest BCUT2D eigenvalue weighted by Gasteiger charge is 2.48. The molecule has 4 aliphatic rings. The quantitative estimate of drug-likeness (QED) is 0.813. The minimum absolute atomic E-state index is 0.176. The number of carbonyl (C=O) groups is 2. The molecule has 3 aliphatic heterocycles. The summed E-state index contributed by atoms with van der Waals surface area (Å²) in [6.07, 6.45) is 8.96. The second-order valence-corrected chi connectivity index (χ2v) is 8.19. The Morgan fingerprint density at radius 1 is 0.962 bits per heavy atom. The number of fused-ring (bicyclic) bond motifs is 3. The van der Waals surface area contributed by atoms with Gasteiger partial charge in [-0.2, -0.15) is 0 Å². The summed E-state index contributed by atoms with van der Waals surface area (Å²) in [4.78, 5) is 30.2. The Kier molecular flexibility index (Phi) is 5.28. The van der Waals surface area contributed by atoms with Crippen LogP contribution in [0.2, 0.25) is 0 Å². The summed E-state index contributed by atoms with van der Waals surface area (Å²) in [6.45, 7) is 1.76. The van der Waals surface area contributed by atoms with Crippen molar-refractivity contribution in [2.24, 2.45) is 5.92 Å². The molecule has 1 aromatic rings. The molecule has 3 heterocycles. The molecule has 140 valence electrons. The fraction of sp³-hybridized carbons (Fsp3) is 0.636. The van der Waals surface area contributed by atoms with Gasteiger partial charge in [0, 0.05) is 25.6 Å². The Morgan fingerprint density at radius 2 is 1.65 bits per heavy atom. The fourth-order valence-corrected chi connectivity index (χ4v) is 5.17. The highest BCUT2D eigenvalue weighted by molar-refractivity contribution is 5.89. The van der Waals surface area contributed by atoms with E-state index in [9.17, 15) is 9.59 Å². The zero-order valence-electron chi connectivity index (χ0n) is 15.6. The van der Waals surface area contributed by atoms with Crippen LogP contribution >= 0.6 is 0 Å². The van der Waals surface area contributed by atoms with Crippen molar-refractivity contribution in [1.82, 2.24) is 9.80 Å². The summed E-state index contributed by atoms with van der Waals surface area (Å²) in [6, 6.07) is 10.5. The smallest absolute Gasteiger partial charge is 0.245 e. The van der Waals surface area contributed by atoms with E-state index in [1.54, 1.807) is 0 Å². The maximum Gasteiger partial charge on any atom is 0.245 e. The maximum absolute atomic E-state index is 13.1. The fourth-order valence-electron chi connectivity index (χ4n) is 5.17. The Morgan fingerprint density at radius 3 is 2.35 bits per heavy atom. The lowest BCUT2D eigenvalue weighted by Crippen LogP contribution is -2.62. The van der Waals surface area contributed by atoms with E-state index in [1.165, 1.54) is 5.56 Å². The molecule has 2 amide bonds. The Hall–Kier alpha value is -1.84. The summed E-state index contributed by atoms with van der Waals surface area (Å²) in [5.41, 5.74) is 1.28. The molecular formula is C22H30N2O2. The number of benzene rings is 1. The number of amides is 2. The monoisotopic (exact) mass is 354 g/mol. The standard InChI is InChI=1S/C22H30N2O2/c25-20(10-6-9-17-7-2-1-3-8-17)24-19-13-11-18(12-14-19)21(24)22(26)23-15-4-5-16-23/h1-3,7-8,18-19,21H,4-6,9-16H2/t18?,19?,21-/m0/s1. The number of nitrogens with zero attached hydrogens (tertiary/aromatic N) is 2. The van der Waals surface area contributed by atoms with Crippen LogP contribution in [-0.4, -0.2) is 46.8 Å². The third-order valence-corrected chi connectivity index (χ3v) is 6.54. The van der Waals surface area contributed by atoms with Crippen LogP contribution in [0.5, 0.6) is 0 Å². The molecule has 4 heteroatoms. The largest absolute Gasteiger partial charge is 0.341 e. The first-order valence-electron chi connectivity index (χ1n) is 10.4. The van der Waals surface area contributed by atoms with E-state index < -0.39 is 0 Å². The van der Waals surface area contributed by atoms with Gasteiger partial charge in [0.25, 0.3) is 0 Å². The maximum atomic E-state index is 13.1. The first kappa shape index (κ1) is 17.6. The van der Waals surface area contributed by atoms with Gasteiger partial charge in [0.2, 0.25) is 11.8 Å². The molecule has 26 heavy (non-hydrogen) atoms. The van der Waals surface area contributed by atoms with Crippen LogP contribution in [0.3, 0.4) is 0 Å². The van der Waals surface area contributed by atoms with Crippen molar-refractivity contribution in [3.8, 4) is 0 Å². The van der Waals surface area contributed by atoms with E-state index >= 15 is 0 Å². The summed E-state index contributed by atoms with van der Waals surface area (Å²) in [5.74, 6) is 0.812. The Labute approximate surface area is 156 Å². The molecule has 0 unspecified atom stereocenters. The molecule has 0 N–H and O–H groups in total. The SMILES string of the molecule is O=C([C@@H]1C2CCC(CC2)N1C(=O)CCCc1ccccc1)N1CCCC1.